The summed E-state index contributed by atoms with van der Waals surface area (Å²) < 4.78 is 7.59. The van der Waals surface area contributed by atoms with Crippen LogP contribution in [-0.4, -0.2) is 52.1 Å². The van der Waals surface area contributed by atoms with Crippen molar-refractivity contribution in [2.45, 2.75) is 25.9 Å². The van der Waals surface area contributed by atoms with Crippen LogP contribution in [0, 0.1) is 6.92 Å². The van der Waals surface area contributed by atoms with Crippen LogP contribution in [0.3, 0.4) is 0 Å². The number of thiophene rings is 1. The second-order valence-electron chi connectivity index (χ2n) is 9.01. The van der Waals surface area contributed by atoms with Crippen LogP contribution in [0.5, 0.6) is 0 Å². The lowest BCUT2D eigenvalue weighted by atomic mass is 10.2. The van der Waals surface area contributed by atoms with Crippen molar-refractivity contribution in [1.82, 2.24) is 14.5 Å². The largest absolute Gasteiger partial charge is 0.376 e. The zero-order valence-corrected chi connectivity index (χ0v) is 22.0. The van der Waals surface area contributed by atoms with Crippen molar-refractivity contribution in [2.24, 2.45) is 0 Å². The summed E-state index contributed by atoms with van der Waals surface area (Å²) in [4.78, 5) is 33.3. The first-order valence-electron chi connectivity index (χ1n) is 12.1. The average Bonchev–Trinajstić information content (AvgIpc) is 3.67. The summed E-state index contributed by atoms with van der Waals surface area (Å²) >= 11 is 7.43. The maximum absolute atomic E-state index is 13.3. The van der Waals surface area contributed by atoms with Crippen LogP contribution >= 0.6 is 22.9 Å². The molecule has 9 heteroatoms. The number of amides is 2. The molecule has 5 rings (SSSR count). The number of halogens is 1. The number of carbonyl (C=O) groups is 2. The van der Waals surface area contributed by atoms with Crippen LogP contribution in [0.1, 0.15) is 28.1 Å². The number of nitrogens with one attached hydrogen (secondary N) is 1. The predicted molar refractivity (Wildman–Crippen MR) is 147 cm³/mol. The van der Waals surface area contributed by atoms with Gasteiger partial charge in [0, 0.05) is 35.6 Å². The minimum absolute atomic E-state index is 0.0669. The highest BCUT2D eigenvalue weighted by atomic mass is 35.5. The van der Waals surface area contributed by atoms with Crippen molar-refractivity contribution in [3.63, 3.8) is 0 Å². The summed E-state index contributed by atoms with van der Waals surface area (Å²) in [5.74, 6) is -0.131. The van der Waals surface area contributed by atoms with Crippen LogP contribution in [-0.2, 0) is 9.53 Å². The van der Waals surface area contributed by atoms with Gasteiger partial charge in [-0.25, -0.2) is 4.98 Å². The predicted octanol–water partition coefficient (Wildman–Crippen LogP) is 5.82. The normalized spacial score (nSPS) is 15.0. The van der Waals surface area contributed by atoms with Crippen molar-refractivity contribution in [1.29, 1.82) is 0 Å². The number of aromatic nitrogens is 2. The zero-order chi connectivity index (χ0) is 25.8. The number of imidazole rings is 1. The van der Waals surface area contributed by atoms with Gasteiger partial charge in [0.2, 0.25) is 11.9 Å². The first kappa shape index (κ1) is 25.2. The third-order valence-electron chi connectivity index (χ3n) is 6.21. The molecule has 1 aliphatic heterocycles. The van der Waals surface area contributed by atoms with Gasteiger partial charge in [0.05, 0.1) is 16.7 Å². The van der Waals surface area contributed by atoms with Crippen LogP contribution in [0.25, 0.3) is 16.9 Å². The molecule has 0 aliphatic carbocycles. The lowest BCUT2D eigenvalue weighted by Gasteiger charge is -2.24. The minimum Gasteiger partial charge on any atom is -0.376 e. The van der Waals surface area contributed by atoms with E-state index in [1.54, 1.807) is 23.1 Å². The molecule has 1 fully saturated rings. The van der Waals surface area contributed by atoms with Gasteiger partial charge < -0.3 is 9.64 Å². The number of hydrogen-bond donors (Lipinski definition) is 1. The van der Waals surface area contributed by atoms with E-state index in [2.05, 4.69) is 5.32 Å². The Morgan fingerprint density at radius 2 is 1.95 bits per heavy atom. The third kappa shape index (κ3) is 6.10. The molecule has 1 saturated heterocycles. The summed E-state index contributed by atoms with van der Waals surface area (Å²) in [5, 5.41) is 5.43. The average molecular weight is 535 g/mol. The fourth-order valence-electron chi connectivity index (χ4n) is 4.28. The number of ether oxygens (including phenoxy) is 1. The molecule has 4 aromatic rings. The molecule has 0 radical (unpaired) electrons. The van der Waals surface area contributed by atoms with Gasteiger partial charge in [0.15, 0.2) is 0 Å². The molecule has 1 aliphatic rings. The maximum atomic E-state index is 13.3. The topological polar surface area (TPSA) is 76.5 Å². The molecule has 3 heterocycles. The van der Waals surface area contributed by atoms with Gasteiger partial charge >= 0.3 is 0 Å². The van der Waals surface area contributed by atoms with Gasteiger partial charge in [-0.3, -0.25) is 19.5 Å². The molecule has 2 aromatic carbocycles. The highest BCUT2D eigenvalue weighted by molar-refractivity contribution is 7.12. The van der Waals surface area contributed by atoms with E-state index in [-0.39, 0.29) is 24.5 Å². The van der Waals surface area contributed by atoms with Crippen molar-refractivity contribution < 1.29 is 14.3 Å². The number of carbonyl (C=O) groups excluding carboxylic acids is 2. The fourth-order valence-corrected chi connectivity index (χ4v) is 5.09. The Kier molecular flexibility index (Phi) is 7.69. The molecule has 2 aromatic heterocycles. The molecule has 0 saturated carbocycles. The molecule has 1 atom stereocenters. The van der Waals surface area contributed by atoms with E-state index in [1.807, 2.05) is 65.5 Å². The van der Waals surface area contributed by atoms with Crippen LogP contribution < -0.4 is 5.32 Å². The lowest BCUT2D eigenvalue weighted by molar-refractivity contribution is -0.117. The van der Waals surface area contributed by atoms with Gasteiger partial charge in [-0.2, -0.15) is 0 Å². The van der Waals surface area contributed by atoms with Crippen molar-refractivity contribution in [2.75, 3.05) is 25.0 Å². The third-order valence-corrected chi connectivity index (χ3v) is 7.32. The van der Waals surface area contributed by atoms with E-state index in [0.29, 0.717) is 34.7 Å². The highest BCUT2D eigenvalue weighted by Gasteiger charge is 2.26. The van der Waals surface area contributed by atoms with Gasteiger partial charge in [-0.05, 0) is 55.5 Å². The van der Waals surface area contributed by atoms with Crippen LogP contribution in [0.4, 0.5) is 5.95 Å². The first-order chi connectivity index (χ1) is 18.0. The zero-order valence-electron chi connectivity index (χ0n) is 20.4. The number of benzene rings is 2. The van der Waals surface area contributed by atoms with Crippen molar-refractivity contribution in [3.8, 4) is 16.9 Å². The summed E-state index contributed by atoms with van der Waals surface area (Å²) in [6, 6.07) is 19.0. The van der Waals surface area contributed by atoms with Gasteiger partial charge in [0.25, 0.3) is 5.91 Å². The standard InChI is InChI=1S/C28H27ClN4O3S/c1-19-6-12-22(13-7-19)33-17-24(20-8-10-21(29)11-9-20)30-28(33)31-26(34)18-32(16-23-4-2-14-36-23)27(35)25-5-3-15-37-25/h3,5-13,15,17,23H,2,4,14,16,18H2,1H3,(H,30,31,34)/t23-/m0/s1. The second kappa shape index (κ2) is 11.3. The summed E-state index contributed by atoms with van der Waals surface area (Å²) in [6.45, 7) is 2.96. The molecule has 190 valence electrons. The molecule has 0 bridgehead atoms. The van der Waals surface area contributed by atoms with E-state index in [1.165, 1.54) is 11.3 Å². The SMILES string of the molecule is Cc1ccc(-n2cc(-c3ccc(Cl)cc3)nc2NC(=O)CN(C[C@@H]2CCCO2)C(=O)c2cccs2)cc1. The fraction of sp³-hybridized carbons (Fsp3) is 0.250. The van der Waals surface area contributed by atoms with Gasteiger partial charge in [-0.1, -0.05) is 47.5 Å². The summed E-state index contributed by atoms with van der Waals surface area (Å²) in [5.41, 5.74) is 3.56. The van der Waals surface area contributed by atoms with Crippen LogP contribution in [0.2, 0.25) is 5.02 Å². The first-order valence-corrected chi connectivity index (χ1v) is 13.4. The summed E-state index contributed by atoms with van der Waals surface area (Å²) in [6.07, 6.45) is 3.64. The molecule has 0 spiro atoms. The molecule has 1 N–H and O–H groups in total. The van der Waals surface area contributed by atoms with Gasteiger partial charge in [0.1, 0.15) is 6.54 Å². The summed E-state index contributed by atoms with van der Waals surface area (Å²) in [7, 11) is 0. The Balaban J connectivity index is 1.40. The van der Waals surface area contributed by atoms with E-state index < -0.39 is 0 Å². The number of nitrogens with zero attached hydrogens (tertiary/aromatic N) is 3. The van der Waals surface area contributed by atoms with E-state index in [4.69, 9.17) is 21.3 Å². The molecular formula is C28H27ClN4O3S. The van der Waals surface area contributed by atoms with E-state index in [0.717, 1.165) is 29.7 Å². The van der Waals surface area contributed by atoms with E-state index >= 15 is 0 Å². The maximum Gasteiger partial charge on any atom is 0.264 e. The second-order valence-corrected chi connectivity index (χ2v) is 10.4. The Bertz CT molecular complexity index is 1360. The number of anilines is 1. The lowest BCUT2D eigenvalue weighted by Crippen LogP contribution is -2.42. The van der Waals surface area contributed by atoms with E-state index in [9.17, 15) is 9.59 Å². The Labute approximate surface area is 224 Å². The Morgan fingerprint density at radius 1 is 1.16 bits per heavy atom. The molecule has 0 unspecified atom stereocenters. The number of aryl methyl sites for hydroxylation is 1. The molecular weight excluding hydrogens is 508 g/mol. The molecule has 2 amide bonds. The smallest absolute Gasteiger partial charge is 0.264 e. The number of rotatable bonds is 8. The van der Waals surface area contributed by atoms with Crippen molar-refractivity contribution >= 4 is 40.7 Å². The minimum atomic E-state index is -0.329. The Hall–Kier alpha value is -3.46. The monoisotopic (exact) mass is 534 g/mol. The molecule has 7 nitrogen and oxygen atoms in total. The van der Waals surface area contributed by atoms with Crippen molar-refractivity contribution in [3.05, 3.63) is 87.7 Å². The van der Waals surface area contributed by atoms with Crippen LogP contribution in [0.15, 0.2) is 72.2 Å². The quantitative estimate of drug-likeness (QED) is 0.309. The highest BCUT2D eigenvalue weighted by Crippen LogP contribution is 2.26. The number of hydrogen-bond acceptors (Lipinski definition) is 5. The molecule has 37 heavy (non-hydrogen) atoms. The Morgan fingerprint density at radius 3 is 2.62 bits per heavy atom. The van der Waals surface area contributed by atoms with Gasteiger partial charge in [-0.15, -0.1) is 11.3 Å².